The second kappa shape index (κ2) is 11.6. The quantitative estimate of drug-likeness (QED) is 0.165. The lowest BCUT2D eigenvalue weighted by molar-refractivity contribution is -0.111. The molecule has 0 fully saturated rings. The number of amides is 1. The fraction of sp³-hybridized carbons (Fsp3) is 0.143. The van der Waals surface area contributed by atoms with Gasteiger partial charge in [-0.25, -0.2) is 17.6 Å². The van der Waals surface area contributed by atoms with Crippen molar-refractivity contribution in [3.05, 3.63) is 112 Å². The Labute approximate surface area is 216 Å². The zero-order valence-electron chi connectivity index (χ0n) is 20.5. The van der Waals surface area contributed by atoms with Crippen molar-refractivity contribution in [3.8, 4) is 11.5 Å². The fourth-order valence-electron chi connectivity index (χ4n) is 3.67. The maximum absolute atomic E-state index is 13.9. The second-order valence-corrected chi connectivity index (χ2v) is 8.29. The van der Waals surface area contributed by atoms with Crippen LogP contribution in [0.2, 0.25) is 0 Å². The van der Waals surface area contributed by atoms with E-state index in [0.29, 0.717) is 11.3 Å². The Balaban J connectivity index is 1.40. The first-order valence-corrected chi connectivity index (χ1v) is 11.4. The van der Waals surface area contributed by atoms with Crippen LogP contribution in [0.15, 0.2) is 66.9 Å². The number of anilines is 1. The van der Waals surface area contributed by atoms with Gasteiger partial charge >= 0.3 is 0 Å². The number of halogens is 4. The molecule has 0 unspecified atom stereocenters. The average molecular weight is 526 g/mol. The lowest BCUT2D eigenvalue weighted by Gasteiger charge is -2.12. The van der Waals surface area contributed by atoms with Gasteiger partial charge in [-0.3, -0.25) is 9.48 Å². The van der Waals surface area contributed by atoms with Crippen LogP contribution in [0.1, 0.15) is 22.3 Å². The van der Waals surface area contributed by atoms with Crippen molar-refractivity contribution in [2.75, 3.05) is 12.4 Å². The van der Waals surface area contributed by atoms with Gasteiger partial charge in [-0.15, -0.1) is 0 Å². The monoisotopic (exact) mass is 525 g/mol. The number of nitrogens with one attached hydrogen (secondary N) is 1. The Morgan fingerprint density at radius 1 is 1.00 bits per heavy atom. The van der Waals surface area contributed by atoms with Crippen LogP contribution in [0.4, 0.5) is 23.4 Å². The summed E-state index contributed by atoms with van der Waals surface area (Å²) in [7, 11) is 1.56. The molecule has 38 heavy (non-hydrogen) atoms. The molecule has 0 bridgehead atoms. The summed E-state index contributed by atoms with van der Waals surface area (Å²) in [4.78, 5) is 12.4. The topological polar surface area (TPSA) is 65.4 Å². The fourth-order valence-corrected chi connectivity index (χ4v) is 3.67. The van der Waals surface area contributed by atoms with Crippen LogP contribution in [0.25, 0.3) is 6.08 Å². The first-order valence-electron chi connectivity index (χ1n) is 11.4. The van der Waals surface area contributed by atoms with Crippen molar-refractivity contribution >= 4 is 17.8 Å². The van der Waals surface area contributed by atoms with Gasteiger partial charge in [0.25, 0.3) is 0 Å². The Morgan fingerprint density at radius 2 is 1.74 bits per heavy atom. The Kier molecular flexibility index (Phi) is 8.10. The van der Waals surface area contributed by atoms with Crippen LogP contribution >= 0.6 is 0 Å². The van der Waals surface area contributed by atoms with Gasteiger partial charge in [-0.1, -0.05) is 24.3 Å². The first-order chi connectivity index (χ1) is 18.2. The minimum Gasteiger partial charge on any atom is -0.496 e. The third-order valence-electron chi connectivity index (χ3n) is 5.62. The summed E-state index contributed by atoms with van der Waals surface area (Å²) < 4.78 is 67.1. The summed E-state index contributed by atoms with van der Waals surface area (Å²) in [5, 5.41) is 6.50. The molecule has 0 spiro atoms. The van der Waals surface area contributed by atoms with E-state index < -0.39 is 41.3 Å². The van der Waals surface area contributed by atoms with Gasteiger partial charge in [0.1, 0.15) is 18.1 Å². The van der Waals surface area contributed by atoms with Crippen molar-refractivity contribution in [1.29, 1.82) is 0 Å². The highest BCUT2D eigenvalue weighted by atomic mass is 19.2. The normalized spacial score (nSPS) is 11.1. The van der Waals surface area contributed by atoms with E-state index in [1.54, 1.807) is 25.3 Å². The predicted molar refractivity (Wildman–Crippen MR) is 134 cm³/mol. The highest BCUT2D eigenvalue weighted by Crippen LogP contribution is 2.25. The van der Waals surface area contributed by atoms with Crippen molar-refractivity contribution in [3.63, 3.8) is 0 Å². The zero-order valence-corrected chi connectivity index (χ0v) is 20.5. The predicted octanol–water partition coefficient (Wildman–Crippen LogP) is 6.04. The van der Waals surface area contributed by atoms with E-state index >= 15 is 0 Å². The number of aromatic nitrogens is 2. The number of carbonyl (C=O) groups is 1. The number of para-hydroxylation sites is 1. The first kappa shape index (κ1) is 26.5. The van der Waals surface area contributed by atoms with E-state index in [9.17, 15) is 22.4 Å². The van der Waals surface area contributed by atoms with Crippen molar-refractivity contribution in [1.82, 2.24) is 9.78 Å². The van der Waals surface area contributed by atoms with Crippen LogP contribution in [0.5, 0.6) is 11.5 Å². The number of hydrogen-bond acceptors (Lipinski definition) is 4. The molecule has 0 atom stereocenters. The van der Waals surface area contributed by atoms with E-state index in [1.807, 2.05) is 37.3 Å². The number of nitrogens with zero attached hydrogens (tertiary/aromatic N) is 2. The van der Waals surface area contributed by atoms with Crippen molar-refractivity contribution in [2.45, 2.75) is 20.1 Å². The second-order valence-electron chi connectivity index (χ2n) is 8.29. The summed E-state index contributed by atoms with van der Waals surface area (Å²) in [6.07, 6.45) is 4.18. The van der Waals surface area contributed by atoms with E-state index in [-0.39, 0.29) is 18.5 Å². The number of ether oxygens (including phenoxy) is 2. The highest BCUT2D eigenvalue weighted by molar-refractivity contribution is 6.01. The van der Waals surface area contributed by atoms with Gasteiger partial charge in [-0.2, -0.15) is 5.10 Å². The molecule has 10 heteroatoms. The molecule has 4 rings (SSSR count). The molecule has 1 heterocycles. The van der Waals surface area contributed by atoms with Crippen LogP contribution in [-0.4, -0.2) is 22.8 Å². The van der Waals surface area contributed by atoms with Crippen LogP contribution in [-0.2, 0) is 17.9 Å². The van der Waals surface area contributed by atoms with Gasteiger partial charge < -0.3 is 14.8 Å². The Morgan fingerprint density at radius 3 is 2.45 bits per heavy atom. The molecular weight excluding hydrogens is 502 g/mol. The minimum absolute atomic E-state index is 0.0828. The van der Waals surface area contributed by atoms with Crippen molar-refractivity contribution < 1.29 is 31.8 Å². The molecule has 3 aromatic carbocycles. The number of aryl methyl sites for hydroxylation is 1. The molecule has 0 saturated carbocycles. The van der Waals surface area contributed by atoms with E-state index in [0.717, 1.165) is 21.6 Å². The molecule has 1 aromatic heterocycles. The number of methoxy groups -OCH3 is 1. The number of carbonyl (C=O) groups excluding carboxylic acids is 1. The van der Waals surface area contributed by atoms with Crippen LogP contribution in [0.3, 0.4) is 0 Å². The number of hydrogen-bond donors (Lipinski definition) is 1. The molecule has 1 N–H and O–H groups in total. The molecule has 0 aliphatic carbocycles. The molecule has 0 saturated heterocycles. The van der Waals surface area contributed by atoms with Gasteiger partial charge in [0.15, 0.2) is 29.1 Å². The molecule has 0 aliphatic rings. The summed E-state index contributed by atoms with van der Waals surface area (Å²) in [6, 6.07) is 14.5. The van der Waals surface area contributed by atoms with Crippen LogP contribution in [0, 0.1) is 30.2 Å². The third-order valence-corrected chi connectivity index (χ3v) is 5.62. The molecule has 6 nitrogen and oxygen atoms in total. The van der Waals surface area contributed by atoms with E-state index in [2.05, 4.69) is 10.4 Å². The number of rotatable bonds is 9. The Hall–Kier alpha value is -4.60. The largest absolute Gasteiger partial charge is 0.496 e. The lowest BCUT2D eigenvalue weighted by Crippen LogP contribution is -2.11. The summed E-state index contributed by atoms with van der Waals surface area (Å²) >= 11 is 0. The van der Waals surface area contributed by atoms with Gasteiger partial charge in [0.05, 0.1) is 19.2 Å². The molecule has 1 amide bonds. The van der Waals surface area contributed by atoms with Crippen LogP contribution < -0.4 is 14.8 Å². The highest BCUT2D eigenvalue weighted by Gasteiger charge is 2.19. The van der Waals surface area contributed by atoms with E-state index in [1.165, 1.54) is 18.3 Å². The minimum atomic E-state index is -1.51. The number of benzene rings is 3. The molecular formula is C28H23F4N3O3. The smallest absolute Gasteiger partial charge is 0.249 e. The van der Waals surface area contributed by atoms with Gasteiger partial charge in [0, 0.05) is 30.0 Å². The molecule has 196 valence electrons. The summed E-state index contributed by atoms with van der Waals surface area (Å²) in [5.74, 6) is -5.06. The summed E-state index contributed by atoms with van der Waals surface area (Å²) in [6.45, 7) is 1.64. The molecule has 0 radical (unpaired) electrons. The molecule has 4 aromatic rings. The molecule has 0 aliphatic heterocycles. The lowest BCUT2D eigenvalue weighted by atomic mass is 10.1. The average Bonchev–Trinajstić information content (AvgIpc) is 3.35. The van der Waals surface area contributed by atoms with Crippen molar-refractivity contribution in [2.24, 2.45) is 0 Å². The van der Waals surface area contributed by atoms with Gasteiger partial charge in [0.2, 0.25) is 5.91 Å². The maximum atomic E-state index is 13.9. The van der Waals surface area contributed by atoms with Gasteiger partial charge in [-0.05, 0) is 42.3 Å². The third kappa shape index (κ3) is 6.20. The SMILES string of the molecule is COc1ccc(/C=C/C(=O)Nc2ccn(Cc3c(F)c(F)cc(F)c3F)n2)cc1COc1ccccc1C. The van der Waals surface area contributed by atoms with E-state index in [4.69, 9.17) is 9.47 Å². The summed E-state index contributed by atoms with van der Waals surface area (Å²) in [5.41, 5.74) is 1.68. The zero-order chi connectivity index (χ0) is 27.2. The standard InChI is InChI=1S/C28H23F4N3O3/c1-17-5-3-4-6-23(17)38-16-19-13-18(7-9-24(19)37-2)8-10-26(36)33-25-11-12-35(34-25)15-20-27(31)21(29)14-22(30)28(20)32/h3-14H,15-16H2,1-2H3,(H,33,34,36)/b10-8+. The maximum Gasteiger partial charge on any atom is 0.249 e. The Bertz CT molecular complexity index is 1470.